The molecular formula is C15H16ClN3O4S. The molecule has 1 aliphatic rings. The summed E-state index contributed by atoms with van der Waals surface area (Å²) in [6, 6.07) is 6.51. The highest BCUT2D eigenvalue weighted by atomic mass is 35.5. The quantitative estimate of drug-likeness (QED) is 0.818. The number of sulfone groups is 1. The fraction of sp³-hybridized carbons (Fsp3) is 0.400. The van der Waals surface area contributed by atoms with Crippen LogP contribution in [0.25, 0.3) is 11.5 Å². The lowest BCUT2D eigenvalue weighted by atomic mass is 10.2. The Morgan fingerprint density at radius 2 is 2.21 bits per heavy atom. The largest absolute Gasteiger partial charge is 0.412 e. The van der Waals surface area contributed by atoms with Crippen LogP contribution in [0.5, 0.6) is 0 Å². The zero-order valence-corrected chi connectivity index (χ0v) is 14.5. The summed E-state index contributed by atoms with van der Waals surface area (Å²) in [5.41, 5.74) is 0.612. The van der Waals surface area contributed by atoms with E-state index in [4.69, 9.17) is 16.0 Å². The van der Waals surface area contributed by atoms with E-state index in [1.165, 1.54) is 4.90 Å². The molecule has 2 aromatic rings. The fourth-order valence-electron chi connectivity index (χ4n) is 2.76. The van der Waals surface area contributed by atoms with Crippen molar-refractivity contribution in [3.8, 4) is 11.5 Å². The highest BCUT2D eigenvalue weighted by Crippen LogP contribution is 2.23. The van der Waals surface area contributed by atoms with Crippen molar-refractivity contribution in [2.75, 3.05) is 18.1 Å². The van der Waals surface area contributed by atoms with Crippen LogP contribution in [0.3, 0.4) is 0 Å². The van der Waals surface area contributed by atoms with Gasteiger partial charge in [-0.25, -0.2) is 8.42 Å². The van der Waals surface area contributed by atoms with Crippen LogP contribution in [-0.2, 0) is 9.84 Å². The van der Waals surface area contributed by atoms with Gasteiger partial charge in [-0.1, -0.05) is 17.7 Å². The number of hydrogen-bond donors (Lipinski definition) is 0. The molecule has 1 aromatic carbocycles. The number of benzene rings is 1. The molecule has 0 saturated carbocycles. The van der Waals surface area contributed by atoms with Gasteiger partial charge in [0.2, 0.25) is 5.89 Å². The molecule has 1 saturated heterocycles. The second-order valence-electron chi connectivity index (χ2n) is 5.57. The molecule has 0 spiro atoms. The van der Waals surface area contributed by atoms with Crippen molar-refractivity contribution in [1.29, 1.82) is 0 Å². The van der Waals surface area contributed by atoms with E-state index in [1.807, 2.05) is 0 Å². The molecule has 7 nitrogen and oxygen atoms in total. The molecule has 0 N–H and O–H groups in total. The smallest absolute Gasteiger partial charge is 0.311 e. The third-order valence-corrected chi connectivity index (χ3v) is 5.92. The number of rotatable bonds is 4. The lowest BCUT2D eigenvalue weighted by molar-refractivity contribution is 0.0668. The maximum Gasteiger partial charge on any atom is 0.311 e. The molecule has 1 unspecified atom stereocenters. The minimum absolute atomic E-state index is 0.0259. The second kappa shape index (κ2) is 6.52. The first kappa shape index (κ1) is 16.9. The number of halogens is 1. The third kappa shape index (κ3) is 3.44. The van der Waals surface area contributed by atoms with Crippen LogP contribution in [0.4, 0.5) is 0 Å². The van der Waals surface area contributed by atoms with Crippen molar-refractivity contribution >= 4 is 27.3 Å². The van der Waals surface area contributed by atoms with Crippen LogP contribution in [0.2, 0.25) is 5.02 Å². The van der Waals surface area contributed by atoms with Crippen molar-refractivity contribution in [3.05, 3.63) is 35.2 Å². The standard InChI is InChI=1S/C15H16ClN3O4S/c1-2-19(12-6-7-24(21,22)9-12)15(20)14-18-17-13(23-14)10-4-3-5-11(16)8-10/h3-5,8,12H,2,6-7,9H2,1H3. The summed E-state index contributed by atoms with van der Waals surface area (Å²) in [7, 11) is -3.08. The predicted molar refractivity (Wildman–Crippen MR) is 88.5 cm³/mol. The van der Waals surface area contributed by atoms with E-state index in [0.717, 1.165) is 0 Å². The van der Waals surface area contributed by atoms with Gasteiger partial charge in [-0.15, -0.1) is 10.2 Å². The fourth-order valence-corrected chi connectivity index (χ4v) is 4.68. The van der Waals surface area contributed by atoms with Crippen molar-refractivity contribution in [3.63, 3.8) is 0 Å². The number of carbonyl (C=O) groups excluding carboxylic acids is 1. The van der Waals surface area contributed by atoms with Gasteiger partial charge in [0.15, 0.2) is 9.84 Å². The Bertz CT molecular complexity index is 865. The first-order valence-corrected chi connectivity index (χ1v) is 9.70. The topological polar surface area (TPSA) is 93.4 Å². The highest BCUT2D eigenvalue weighted by molar-refractivity contribution is 7.91. The molecule has 1 aliphatic heterocycles. The van der Waals surface area contributed by atoms with Gasteiger partial charge < -0.3 is 9.32 Å². The van der Waals surface area contributed by atoms with E-state index >= 15 is 0 Å². The monoisotopic (exact) mass is 369 g/mol. The van der Waals surface area contributed by atoms with Crippen molar-refractivity contribution in [1.82, 2.24) is 15.1 Å². The number of nitrogens with zero attached hydrogens (tertiary/aromatic N) is 3. The lowest BCUT2D eigenvalue weighted by Crippen LogP contribution is -2.41. The normalized spacial score (nSPS) is 19.3. The van der Waals surface area contributed by atoms with Crippen LogP contribution >= 0.6 is 11.6 Å². The Morgan fingerprint density at radius 3 is 2.83 bits per heavy atom. The zero-order valence-electron chi connectivity index (χ0n) is 13.0. The summed E-state index contributed by atoms with van der Waals surface area (Å²) >= 11 is 5.93. The molecule has 24 heavy (non-hydrogen) atoms. The van der Waals surface area contributed by atoms with Gasteiger partial charge in [-0.05, 0) is 31.5 Å². The Hall–Kier alpha value is -1.93. The SMILES string of the molecule is CCN(C(=O)c1nnc(-c2cccc(Cl)c2)o1)C1CCS(=O)(=O)C1. The summed E-state index contributed by atoms with van der Waals surface area (Å²) in [6.45, 7) is 2.16. The van der Waals surface area contributed by atoms with Gasteiger partial charge >= 0.3 is 11.8 Å². The van der Waals surface area contributed by atoms with Gasteiger partial charge in [0.05, 0.1) is 11.5 Å². The van der Waals surface area contributed by atoms with Crippen molar-refractivity contribution in [2.45, 2.75) is 19.4 Å². The average Bonchev–Trinajstić information content (AvgIpc) is 3.15. The first-order chi connectivity index (χ1) is 11.4. The second-order valence-corrected chi connectivity index (χ2v) is 8.24. The first-order valence-electron chi connectivity index (χ1n) is 7.50. The number of amides is 1. The Labute approximate surface area is 144 Å². The van der Waals surface area contributed by atoms with Crippen LogP contribution in [0, 0.1) is 0 Å². The van der Waals surface area contributed by atoms with E-state index in [9.17, 15) is 13.2 Å². The van der Waals surface area contributed by atoms with Gasteiger partial charge in [-0.2, -0.15) is 0 Å². The Morgan fingerprint density at radius 1 is 1.42 bits per heavy atom. The van der Waals surface area contributed by atoms with E-state index in [-0.39, 0.29) is 29.3 Å². The molecule has 1 amide bonds. The predicted octanol–water partition coefficient (Wildman–Crippen LogP) is 2.04. The molecule has 3 rings (SSSR count). The minimum Gasteiger partial charge on any atom is -0.412 e. The molecule has 128 valence electrons. The molecule has 9 heteroatoms. The zero-order chi connectivity index (χ0) is 17.3. The Kier molecular flexibility index (Phi) is 4.60. The summed E-state index contributed by atoms with van der Waals surface area (Å²) in [6.07, 6.45) is 0.428. The molecule has 1 fully saturated rings. The van der Waals surface area contributed by atoms with Crippen LogP contribution in [0.1, 0.15) is 24.0 Å². The van der Waals surface area contributed by atoms with E-state index in [1.54, 1.807) is 31.2 Å². The highest BCUT2D eigenvalue weighted by Gasteiger charge is 2.35. The maximum atomic E-state index is 12.6. The van der Waals surface area contributed by atoms with E-state index in [2.05, 4.69) is 10.2 Å². The van der Waals surface area contributed by atoms with Crippen LogP contribution < -0.4 is 0 Å². The number of carbonyl (C=O) groups is 1. The summed E-state index contributed by atoms with van der Waals surface area (Å²) in [4.78, 5) is 14.1. The van der Waals surface area contributed by atoms with Crippen molar-refractivity contribution < 1.29 is 17.6 Å². The summed E-state index contributed by atoms with van der Waals surface area (Å²) < 4.78 is 28.7. The van der Waals surface area contributed by atoms with Gasteiger partial charge in [-0.3, -0.25) is 4.79 Å². The van der Waals surface area contributed by atoms with E-state index in [0.29, 0.717) is 23.6 Å². The van der Waals surface area contributed by atoms with Crippen LogP contribution in [-0.4, -0.2) is 53.5 Å². The summed E-state index contributed by atoms with van der Waals surface area (Å²) in [5, 5.41) is 8.20. The molecule has 1 atom stereocenters. The molecular weight excluding hydrogens is 354 g/mol. The number of aromatic nitrogens is 2. The number of hydrogen-bond acceptors (Lipinski definition) is 6. The minimum atomic E-state index is -3.08. The molecule has 0 bridgehead atoms. The van der Waals surface area contributed by atoms with Gasteiger partial charge in [0, 0.05) is 23.2 Å². The average molecular weight is 370 g/mol. The molecule has 0 radical (unpaired) electrons. The molecule has 1 aromatic heterocycles. The van der Waals surface area contributed by atoms with E-state index < -0.39 is 15.7 Å². The van der Waals surface area contributed by atoms with Crippen molar-refractivity contribution in [2.24, 2.45) is 0 Å². The molecule has 2 heterocycles. The Balaban J connectivity index is 1.82. The van der Waals surface area contributed by atoms with Gasteiger partial charge in [0.25, 0.3) is 0 Å². The third-order valence-electron chi connectivity index (χ3n) is 3.93. The lowest BCUT2D eigenvalue weighted by Gasteiger charge is -2.25. The van der Waals surface area contributed by atoms with Crippen LogP contribution in [0.15, 0.2) is 28.7 Å². The molecule has 0 aliphatic carbocycles. The van der Waals surface area contributed by atoms with Gasteiger partial charge in [0.1, 0.15) is 0 Å². The maximum absolute atomic E-state index is 12.6. The summed E-state index contributed by atoms with van der Waals surface area (Å²) in [5.74, 6) is -0.353.